The molecule has 1 aromatic rings. The number of benzene rings is 1. The lowest BCUT2D eigenvalue weighted by molar-refractivity contribution is 0.490. The van der Waals surface area contributed by atoms with Gasteiger partial charge in [-0.2, -0.15) is 8.42 Å². The first-order valence-electron chi connectivity index (χ1n) is 4.33. The standard InChI is InChI=1S/C10H14O3S/c1-10(2,3)8-6-4-5-7-9(8)13-14(11)12/h4-7,14H,1-3H3. The lowest BCUT2D eigenvalue weighted by Gasteiger charge is -2.20. The first-order chi connectivity index (χ1) is 6.41. The Balaban J connectivity index is 3.16. The van der Waals surface area contributed by atoms with E-state index in [2.05, 4.69) is 0 Å². The molecule has 0 fully saturated rings. The van der Waals surface area contributed by atoms with Gasteiger partial charge in [-0.1, -0.05) is 39.0 Å². The van der Waals surface area contributed by atoms with E-state index in [0.717, 1.165) is 5.56 Å². The van der Waals surface area contributed by atoms with Crippen molar-refractivity contribution >= 4 is 11.0 Å². The monoisotopic (exact) mass is 214 g/mol. The Labute approximate surface area is 85.9 Å². The number of hydrogen-bond donors (Lipinski definition) is 1. The number of para-hydroxylation sites is 1. The van der Waals surface area contributed by atoms with Crippen molar-refractivity contribution < 1.29 is 12.6 Å². The molecular weight excluding hydrogens is 200 g/mol. The van der Waals surface area contributed by atoms with Crippen molar-refractivity contribution in [3.8, 4) is 5.75 Å². The van der Waals surface area contributed by atoms with E-state index in [1.807, 2.05) is 32.9 Å². The van der Waals surface area contributed by atoms with Crippen molar-refractivity contribution in [1.82, 2.24) is 0 Å². The first kappa shape index (κ1) is 11.0. The molecule has 0 aliphatic heterocycles. The summed E-state index contributed by atoms with van der Waals surface area (Å²) in [7, 11) is -2.84. The highest BCUT2D eigenvalue weighted by Gasteiger charge is 2.18. The summed E-state index contributed by atoms with van der Waals surface area (Å²) in [6.07, 6.45) is 0. The van der Waals surface area contributed by atoms with Crippen LogP contribution in [0.2, 0.25) is 0 Å². The predicted molar refractivity (Wildman–Crippen MR) is 56.1 cm³/mol. The summed E-state index contributed by atoms with van der Waals surface area (Å²) in [6.45, 7) is 6.02. The summed E-state index contributed by atoms with van der Waals surface area (Å²) >= 11 is 0. The fourth-order valence-corrected chi connectivity index (χ4v) is 1.57. The lowest BCUT2D eigenvalue weighted by Crippen LogP contribution is -2.12. The Morgan fingerprint density at radius 1 is 1.14 bits per heavy atom. The molecule has 0 atom stereocenters. The van der Waals surface area contributed by atoms with Crippen LogP contribution in [0.3, 0.4) is 0 Å². The van der Waals surface area contributed by atoms with Crippen molar-refractivity contribution in [3.63, 3.8) is 0 Å². The number of hydrogen-bond acceptors (Lipinski definition) is 3. The molecule has 1 aromatic carbocycles. The minimum Gasteiger partial charge on any atom is -0.384 e. The van der Waals surface area contributed by atoms with Crippen LogP contribution in [-0.4, -0.2) is 8.42 Å². The van der Waals surface area contributed by atoms with Gasteiger partial charge in [-0.05, 0) is 11.5 Å². The Bertz CT molecular complexity index is 381. The molecular formula is C10H14O3S. The summed E-state index contributed by atoms with van der Waals surface area (Å²) in [6, 6.07) is 7.15. The highest BCUT2D eigenvalue weighted by Crippen LogP contribution is 2.30. The molecule has 14 heavy (non-hydrogen) atoms. The van der Waals surface area contributed by atoms with E-state index in [4.69, 9.17) is 4.18 Å². The smallest absolute Gasteiger partial charge is 0.299 e. The van der Waals surface area contributed by atoms with Crippen LogP contribution in [0.4, 0.5) is 0 Å². The van der Waals surface area contributed by atoms with Crippen molar-refractivity contribution in [2.24, 2.45) is 0 Å². The Kier molecular flexibility index (Phi) is 3.16. The fourth-order valence-electron chi connectivity index (χ4n) is 1.25. The third kappa shape index (κ3) is 2.73. The normalized spacial score (nSPS) is 11.7. The molecule has 0 amide bonds. The van der Waals surface area contributed by atoms with Gasteiger partial charge in [-0.3, -0.25) is 0 Å². The maximum absolute atomic E-state index is 10.5. The lowest BCUT2D eigenvalue weighted by atomic mass is 9.86. The van der Waals surface area contributed by atoms with Crippen molar-refractivity contribution in [3.05, 3.63) is 29.8 Å². The molecule has 4 heteroatoms. The molecule has 0 aromatic heterocycles. The molecule has 0 bridgehead atoms. The summed E-state index contributed by atoms with van der Waals surface area (Å²) in [4.78, 5) is 0. The molecule has 0 unspecified atom stereocenters. The molecule has 0 aliphatic carbocycles. The van der Waals surface area contributed by atoms with E-state index < -0.39 is 11.0 Å². The maximum atomic E-state index is 10.5. The molecule has 1 rings (SSSR count). The molecule has 0 heterocycles. The summed E-state index contributed by atoms with van der Waals surface area (Å²) in [5.74, 6) is 0.413. The Morgan fingerprint density at radius 3 is 2.21 bits per heavy atom. The molecule has 78 valence electrons. The quantitative estimate of drug-likeness (QED) is 0.764. The number of thiol groups is 1. The number of rotatable bonds is 2. The minimum absolute atomic E-state index is 0.123. The third-order valence-corrected chi connectivity index (χ3v) is 2.21. The summed E-state index contributed by atoms with van der Waals surface area (Å²) in [5, 5.41) is 0. The SMILES string of the molecule is CC(C)(C)c1ccccc1O[SH](=O)=O. The molecule has 0 saturated carbocycles. The maximum Gasteiger partial charge on any atom is 0.299 e. The van der Waals surface area contributed by atoms with E-state index in [9.17, 15) is 8.42 Å². The topological polar surface area (TPSA) is 43.4 Å². The zero-order valence-corrected chi connectivity index (χ0v) is 9.38. The third-order valence-electron chi connectivity index (χ3n) is 1.87. The molecule has 3 nitrogen and oxygen atoms in total. The second kappa shape index (κ2) is 4.00. The van der Waals surface area contributed by atoms with E-state index in [0.29, 0.717) is 5.75 Å². The molecule has 0 radical (unpaired) electrons. The van der Waals surface area contributed by atoms with Gasteiger partial charge in [0.1, 0.15) is 5.75 Å². The van der Waals surface area contributed by atoms with E-state index in [-0.39, 0.29) is 5.41 Å². The average molecular weight is 214 g/mol. The molecule has 0 spiro atoms. The largest absolute Gasteiger partial charge is 0.384 e. The Morgan fingerprint density at radius 2 is 1.71 bits per heavy atom. The van der Waals surface area contributed by atoms with Crippen LogP contribution in [-0.2, 0) is 16.4 Å². The van der Waals surface area contributed by atoms with Gasteiger partial charge < -0.3 is 4.18 Å². The molecule has 0 aliphatic rings. The van der Waals surface area contributed by atoms with Crippen LogP contribution >= 0.6 is 0 Å². The van der Waals surface area contributed by atoms with E-state index >= 15 is 0 Å². The van der Waals surface area contributed by atoms with Gasteiger partial charge in [-0.25, -0.2) is 0 Å². The fraction of sp³-hybridized carbons (Fsp3) is 0.400. The predicted octanol–water partition coefficient (Wildman–Crippen LogP) is 1.89. The van der Waals surface area contributed by atoms with Crippen LogP contribution in [0, 0.1) is 0 Å². The van der Waals surface area contributed by atoms with E-state index in [1.54, 1.807) is 12.1 Å². The van der Waals surface area contributed by atoms with Crippen molar-refractivity contribution in [1.29, 1.82) is 0 Å². The van der Waals surface area contributed by atoms with Gasteiger partial charge in [-0.15, -0.1) is 0 Å². The summed E-state index contributed by atoms with van der Waals surface area (Å²) in [5.41, 5.74) is 0.765. The van der Waals surface area contributed by atoms with Crippen LogP contribution in [0.15, 0.2) is 24.3 Å². The van der Waals surface area contributed by atoms with Gasteiger partial charge in [0, 0.05) is 5.56 Å². The van der Waals surface area contributed by atoms with Crippen molar-refractivity contribution in [2.45, 2.75) is 26.2 Å². The van der Waals surface area contributed by atoms with Crippen LogP contribution in [0.1, 0.15) is 26.3 Å². The Hall–Kier alpha value is -1.03. The zero-order valence-electron chi connectivity index (χ0n) is 8.48. The second-order valence-electron chi connectivity index (χ2n) is 4.06. The highest BCUT2D eigenvalue weighted by atomic mass is 32.2. The van der Waals surface area contributed by atoms with Crippen LogP contribution < -0.4 is 4.18 Å². The van der Waals surface area contributed by atoms with Crippen molar-refractivity contribution in [2.75, 3.05) is 0 Å². The van der Waals surface area contributed by atoms with Crippen LogP contribution in [0.25, 0.3) is 0 Å². The van der Waals surface area contributed by atoms with Gasteiger partial charge in [0.2, 0.25) is 0 Å². The average Bonchev–Trinajstić information content (AvgIpc) is 2.01. The summed E-state index contributed by atoms with van der Waals surface area (Å²) < 4.78 is 25.7. The van der Waals surface area contributed by atoms with Gasteiger partial charge in [0.05, 0.1) is 0 Å². The second-order valence-corrected chi connectivity index (χ2v) is 4.69. The van der Waals surface area contributed by atoms with Gasteiger partial charge in [0.15, 0.2) is 0 Å². The minimum atomic E-state index is -2.84. The van der Waals surface area contributed by atoms with E-state index in [1.165, 1.54) is 0 Å². The van der Waals surface area contributed by atoms with Gasteiger partial charge in [0.25, 0.3) is 11.0 Å². The van der Waals surface area contributed by atoms with Crippen LogP contribution in [0.5, 0.6) is 5.75 Å². The van der Waals surface area contributed by atoms with Gasteiger partial charge >= 0.3 is 0 Å². The zero-order chi connectivity index (χ0) is 10.8. The molecule has 0 N–H and O–H groups in total. The highest BCUT2D eigenvalue weighted by molar-refractivity contribution is 7.67. The first-order valence-corrected chi connectivity index (χ1v) is 5.42. The molecule has 0 saturated heterocycles.